The Morgan fingerprint density at radius 3 is 1.88 bits per heavy atom. The van der Waals surface area contributed by atoms with Crippen molar-refractivity contribution in [2.75, 3.05) is 0 Å². The van der Waals surface area contributed by atoms with Crippen LogP contribution in [0.2, 0.25) is 13.1 Å². The van der Waals surface area contributed by atoms with Crippen LogP contribution < -0.4 is 15.1 Å². The third-order valence-corrected chi connectivity index (χ3v) is 19.8. The molecule has 0 radical (unpaired) electrons. The minimum absolute atomic E-state index is 0.166. The van der Waals surface area contributed by atoms with Crippen LogP contribution in [0.25, 0.3) is 56.2 Å². The lowest BCUT2D eigenvalue weighted by Crippen LogP contribution is -2.56. The molecule has 6 heteroatoms. The Balaban J connectivity index is 0.984. The van der Waals surface area contributed by atoms with E-state index in [1.807, 2.05) is 17.8 Å². The zero-order valence-corrected chi connectivity index (χ0v) is 37.1. The summed E-state index contributed by atoms with van der Waals surface area (Å²) in [7, 11) is -1.88. The number of ether oxygens (including phenoxy) is 1. The normalized spacial score (nSPS) is 16.2. The maximum absolute atomic E-state index is 6.69. The maximum atomic E-state index is 6.69. The summed E-state index contributed by atoms with van der Waals surface area (Å²) in [6.45, 7) is 14.5. The van der Waals surface area contributed by atoms with Gasteiger partial charge in [0.25, 0.3) is 0 Å². The highest BCUT2D eigenvalue weighted by atomic mass is 32.2. The van der Waals surface area contributed by atoms with Crippen molar-refractivity contribution < 1.29 is 4.74 Å². The van der Waals surface area contributed by atoms with Gasteiger partial charge < -0.3 is 4.74 Å². The average Bonchev–Trinajstić information content (AvgIpc) is 3.64. The van der Waals surface area contributed by atoms with E-state index < -0.39 is 8.07 Å². The number of fused-ring (bicyclic) bond motifs is 12. The van der Waals surface area contributed by atoms with Gasteiger partial charge in [-0.15, -0.1) is 0 Å². The molecule has 8 aromatic rings. The van der Waals surface area contributed by atoms with Crippen molar-refractivity contribution in [2.45, 2.75) is 71.2 Å². The van der Waals surface area contributed by atoms with Crippen LogP contribution in [0.4, 0.5) is 0 Å². The Bertz CT molecular complexity index is 3170. The zero-order chi connectivity index (χ0) is 40.7. The molecule has 0 bridgehead atoms. The van der Waals surface area contributed by atoms with Crippen LogP contribution >= 0.6 is 23.5 Å². The fraction of sp³-hybridized carbons (Fsp3) is 0.148. The van der Waals surface area contributed by atoms with E-state index in [2.05, 4.69) is 180 Å². The second-order valence-corrected chi connectivity index (χ2v) is 24.6. The van der Waals surface area contributed by atoms with E-state index in [0.717, 1.165) is 55.2 Å². The Kier molecular flexibility index (Phi) is 7.65. The predicted octanol–water partition coefficient (Wildman–Crippen LogP) is 13.6. The van der Waals surface area contributed by atoms with Crippen molar-refractivity contribution in [1.29, 1.82) is 0 Å². The molecule has 0 unspecified atom stereocenters. The Morgan fingerprint density at radius 2 is 1.10 bits per heavy atom. The molecule has 0 spiro atoms. The van der Waals surface area contributed by atoms with Crippen molar-refractivity contribution >= 4 is 42.0 Å². The van der Waals surface area contributed by atoms with Gasteiger partial charge in [0, 0.05) is 42.9 Å². The minimum atomic E-state index is -1.88. The van der Waals surface area contributed by atoms with Crippen LogP contribution in [0.5, 0.6) is 11.5 Å². The number of para-hydroxylation sites is 1. The van der Waals surface area contributed by atoms with Crippen molar-refractivity contribution in [3.8, 4) is 67.7 Å². The molecule has 290 valence electrons. The largest absolute Gasteiger partial charge is 0.454 e. The number of aromatic nitrogens is 2. The second kappa shape index (κ2) is 12.7. The first kappa shape index (κ1) is 36.2. The fourth-order valence-corrected chi connectivity index (χ4v) is 16.8. The zero-order valence-electron chi connectivity index (χ0n) is 34.5. The summed E-state index contributed by atoms with van der Waals surface area (Å²) in [5.41, 5.74) is 15.1. The van der Waals surface area contributed by atoms with Crippen LogP contribution in [-0.4, -0.2) is 18.0 Å². The molecule has 12 rings (SSSR count). The van der Waals surface area contributed by atoms with Crippen molar-refractivity contribution in [1.82, 2.24) is 9.97 Å². The summed E-state index contributed by atoms with van der Waals surface area (Å²) in [5.74, 6) is 2.60. The van der Waals surface area contributed by atoms with Crippen LogP contribution in [0, 0.1) is 0 Å². The van der Waals surface area contributed by atoms with Gasteiger partial charge in [-0.3, -0.25) is 0 Å². The summed E-state index contributed by atoms with van der Waals surface area (Å²) >= 11 is 3.75. The number of rotatable bonds is 3. The predicted molar refractivity (Wildman–Crippen MR) is 251 cm³/mol. The third kappa shape index (κ3) is 5.11. The second-order valence-electron chi connectivity index (χ2n) is 18.2. The van der Waals surface area contributed by atoms with Gasteiger partial charge in [0.2, 0.25) is 0 Å². The van der Waals surface area contributed by atoms with Crippen LogP contribution in [0.15, 0.2) is 165 Å². The smallest absolute Gasteiger partial charge is 0.160 e. The number of hydrogen-bond donors (Lipinski definition) is 0. The maximum Gasteiger partial charge on any atom is 0.160 e. The molecule has 0 saturated carbocycles. The molecule has 2 aliphatic carbocycles. The summed E-state index contributed by atoms with van der Waals surface area (Å²) in [4.78, 5) is 15.9. The summed E-state index contributed by atoms with van der Waals surface area (Å²) in [6.07, 6.45) is 0. The number of benzene rings is 7. The van der Waals surface area contributed by atoms with E-state index in [1.165, 1.54) is 54.3 Å². The lowest BCUT2D eigenvalue weighted by molar-refractivity contribution is 0.455. The molecule has 0 fully saturated rings. The van der Waals surface area contributed by atoms with E-state index in [0.29, 0.717) is 0 Å². The Morgan fingerprint density at radius 1 is 0.483 bits per heavy atom. The van der Waals surface area contributed by atoms with Gasteiger partial charge in [-0.2, -0.15) is 0 Å². The molecule has 2 aliphatic heterocycles. The van der Waals surface area contributed by atoms with Gasteiger partial charge >= 0.3 is 0 Å². The van der Waals surface area contributed by atoms with Crippen LogP contribution in [0.3, 0.4) is 0 Å². The number of hydrogen-bond acceptors (Lipinski definition) is 5. The Hall–Kier alpha value is -5.66. The van der Waals surface area contributed by atoms with Gasteiger partial charge in [-0.25, -0.2) is 9.97 Å². The molecule has 0 amide bonds. The van der Waals surface area contributed by atoms with Crippen LogP contribution in [0.1, 0.15) is 49.9 Å². The molecule has 0 N–H and O–H groups in total. The molecule has 60 heavy (non-hydrogen) atoms. The molecule has 4 aliphatic rings. The lowest BCUT2D eigenvalue weighted by Gasteiger charge is -2.34. The average molecular weight is 827 g/mol. The Labute approximate surface area is 361 Å². The first-order chi connectivity index (χ1) is 29.0. The van der Waals surface area contributed by atoms with E-state index >= 15 is 0 Å². The van der Waals surface area contributed by atoms with E-state index in [-0.39, 0.29) is 10.8 Å². The van der Waals surface area contributed by atoms with Crippen molar-refractivity contribution in [3.05, 3.63) is 168 Å². The molecule has 7 aromatic carbocycles. The van der Waals surface area contributed by atoms with Gasteiger partial charge in [0.15, 0.2) is 5.82 Å². The lowest BCUT2D eigenvalue weighted by atomic mass is 9.81. The highest BCUT2D eigenvalue weighted by molar-refractivity contribution is 8.00. The molecule has 0 saturated heterocycles. The van der Waals surface area contributed by atoms with Crippen LogP contribution in [-0.2, 0) is 10.8 Å². The van der Waals surface area contributed by atoms with E-state index in [1.54, 1.807) is 22.1 Å². The van der Waals surface area contributed by atoms with Gasteiger partial charge in [0.1, 0.15) is 19.6 Å². The van der Waals surface area contributed by atoms with Gasteiger partial charge in [-0.1, -0.05) is 167 Å². The molecule has 3 heterocycles. The fourth-order valence-electron chi connectivity index (χ4n) is 10.3. The standard InChI is InChI=1S/C54H42N2OS2Si/c1-53(2)36-24-26-45-50(57-42-16-10-11-17-43(42)58-45)48(36)34-23-21-33(29-39(34)53)52-55-40(31-14-8-7-9-15-31)30-41(56-52)32-20-22-35-38(28-32)54(3,4)37-25-27-47-51(49(35)37)59-44-18-12-13-19-46(44)60(47,5)6/h7-30H,1-6H3. The number of nitrogens with zero attached hydrogens (tertiary/aromatic N) is 2. The SMILES string of the molecule is CC1(C)c2cc(-c3nc(-c4ccccc4)cc(-c4ccc5c(c4)C(C)(C)c4ccc6c(c4-5)Sc4ccccc4[Si]6(C)C)n3)ccc2-c2c1ccc1c2Oc2ccccc2S1. The van der Waals surface area contributed by atoms with E-state index in [4.69, 9.17) is 14.7 Å². The first-order valence-electron chi connectivity index (χ1n) is 20.8. The quantitative estimate of drug-likeness (QED) is 0.166. The third-order valence-electron chi connectivity index (χ3n) is 13.6. The molecule has 1 aromatic heterocycles. The van der Waals surface area contributed by atoms with Gasteiger partial charge in [-0.05, 0) is 91.8 Å². The van der Waals surface area contributed by atoms with E-state index in [9.17, 15) is 0 Å². The highest BCUT2D eigenvalue weighted by Crippen LogP contribution is 2.59. The summed E-state index contributed by atoms with van der Waals surface area (Å²) in [5, 5.41) is 3.08. The minimum Gasteiger partial charge on any atom is -0.454 e. The van der Waals surface area contributed by atoms with Crippen molar-refractivity contribution in [3.63, 3.8) is 0 Å². The first-order valence-corrected chi connectivity index (χ1v) is 25.4. The van der Waals surface area contributed by atoms with Crippen molar-refractivity contribution in [2.24, 2.45) is 0 Å². The monoisotopic (exact) mass is 826 g/mol. The van der Waals surface area contributed by atoms with Gasteiger partial charge in [0.05, 0.1) is 21.2 Å². The molecule has 3 nitrogen and oxygen atoms in total. The topological polar surface area (TPSA) is 35.0 Å². The molecular weight excluding hydrogens is 785 g/mol. The molecule has 0 atom stereocenters. The summed E-state index contributed by atoms with van der Waals surface area (Å²) in [6, 6.07) is 53.4. The highest BCUT2D eigenvalue weighted by Gasteiger charge is 2.43. The molecular formula is C54H42N2OS2Si. The summed E-state index contributed by atoms with van der Waals surface area (Å²) < 4.78 is 6.69.